The Balaban J connectivity index is 2.13. The van der Waals surface area contributed by atoms with E-state index in [9.17, 15) is 18.5 Å². The van der Waals surface area contributed by atoms with Crippen LogP contribution in [-0.2, 0) is 10.0 Å². The van der Waals surface area contributed by atoms with Crippen molar-refractivity contribution in [1.82, 2.24) is 0 Å². The second-order valence-corrected chi connectivity index (χ2v) is 8.23. The lowest BCUT2D eigenvalue weighted by molar-refractivity contribution is -0.384. The van der Waals surface area contributed by atoms with E-state index in [2.05, 4.69) is 0 Å². The monoisotopic (exact) mass is 396 g/mol. The molecule has 7 heteroatoms. The van der Waals surface area contributed by atoms with Crippen LogP contribution in [0.4, 0.5) is 11.4 Å². The first kappa shape index (κ1) is 19.6. The molecule has 3 aromatic carbocycles. The number of non-ortho nitro benzene ring substituents is 1. The summed E-state index contributed by atoms with van der Waals surface area (Å²) in [5.41, 5.74) is 2.24. The number of para-hydroxylation sites is 1. The van der Waals surface area contributed by atoms with Crippen LogP contribution in [0.3, 0.4) is 0 Å². The van der Waals surface area contributed by atoms with E-state index in [4.69, 9.17) is 0 Å². The number of hydrogen-bond donors (Lipinski definition) is 0. The zero-order valence-electron chi connectivity index (χ0n) is 15.5. The van der Waals surface area contributed by atoms with E-state index in [0.717, 1.165) is 11.1 Å². The molecule has 0 spiro atoms. The molecule has 0 aliphatic heterocycles. The summed E-state index contributed by atoms with van der Waals surface area (Å²) in [6.45, 7) is 3.77. The van der Waals surface area contributed by atoms with Gasteiger partial charge in [0.05, 0.1) is 21.5 Å². The van der Waals surface area contributed by atoms with E-state index in [1.807, 2.05) is 44.2 Å². The maximum Gasteiger partial charge on any atom is 0.269 e. The Morgan fingerprint density at radius 1 is 0.893 bits per heavy atom. The Kier molecular flexibility index (Phi) is 5.46. The van der Waals surface area contributed by atoms with E-state index in [-0.39, 0.29) is 10.6 Å². The minimum atomic E-state index is -3.95. The second kappa shape index (κ2) is 7.82. The van der Waals surface area contributed by atoms with Crippen molar-refractivity contribution in [2.24, 2.45) is 0 Å². The Labute approximate surface area is 164 Å². The number of nitro groups is 1. The number of anilines is 1. The maximum atomic E-state index is 13.5. The molecule has 0 N–H and O–H groups in total. The van der Waals surface area contributed by atoms with E-state index in [1.165, 1.54) is 28.6 Å². The van der Waals surface area contributed by atoms with Gasteiger partial charge in [0.25, 0.3) is 15.7 Å². The van der Waals surface area contributed by atoms with Crippen molar-refractivity contribution < 1.29 is 13.3 Å². The number of sulfonamides is 1. The van der Waals surface area contributed by atoms with Crippen LogP contribution < -0.4 is 4.31 Å². The minimum absolute atomic E-state index is 0.00221. The summed E-state index contributed by atoms with van der Waals surface area (Å²) in [7, 11) is -3.95. The third-order valence-electron chi connectivity index (χ3n) is 4.61. The van der Waals surface area contributed by atoms with E-state index >= 15 is 0 Å². The third-order valence-corrected chi connectivity index (χ3v) is 6.52. The van der Waals surface area contributed by atoms with Gasteiger partial charge in [0.15, 0.2) is 0 Å². The van der Waals surface area contributed by atoms with Gasteiger partial charge in [-0.15, -0.1) is 0 Å². The van der Waals surface area contributed by atoms with Gasteiger partial charge >= 0.3 is 0 Å². The molecule has 6 nitrogen and oxygen atoms in total. The number of benzene rings is 3. The number of hydrogen-bond acceptors (Lipinski definition) is 4. The van der Waals surface area contributed by atoms with Crippen molar-refractivity contribution in [2.75, 3.05) is 4.31 Å². The van der Waals surface area contributed by atoms with Gasteiger partial charge in [-0.25, -0.2) is 8.42 Å². The molecule has 3 aromatic rings. The van der Waals surface area contributed by atoms with Gasteiger partial charge in [-0.3, -0.25) is 14.4 Å². The second-order valence-electron chi connectivity index (χ2n) is 6.42. The van der Waals surface area contributed by atoms with Crippen LogP contribution in [0.1, 0.15) is 24.1 Å². The van der Waals surface area contributed by atoms with E-state index in [1.54, 1.807) is 24.3 Å². The van der Waals surface area contributed by atoms with Gasteiger partial charge in [-0.1, -0.05) is 42.5 Å². The first-order valence-electron chi connectivity index (χ1n) is 8.72. The molecular weight excluding hydrogens is 376 g/mol. The number of nitrogens with zero attached hydrogens (tertiary/aromatic N) is 2. The van der Waals surface area contributed by atoms with Gasteiger partial charge in [0.1, 0.15) is 0 Å². The first-order valence-corrected chi connectivity index (χ1v) is 10.2. The van der Waals surface area contributed by atoms with E-state index in [0.29, 0.717) is 5.69 Å². The van der Waals surface area contributed by atoms with Crippen molar-refractivity contribution in [3.63, 3.8) is 0 Å². The highest BCUT2D eigenvalue weighted by molar-refractivity contribution is 7.92. The highest BCUT2D eigenvalue weighted by Gasteiger charge is 2.31. The van der Waals surface area contributed by atoms with Crippen LogP contribution >= 0.6 is 0 Å². The first-order chi connectivity index (χ1) is 13.3. The van der Waals surface area contributed by atoms with Crippen LogP contribution in [0.5, 0.6) is 0 Å². The van der Waals surface area contributed by atoms with Crippen LogP contribution in [0.15, 0.2) is 83.8 Å². The molecular formula is C21H20N2O4S. The Morgan fingerprint density at radius 3 is 2.04 bits per heavy atom. The zero-order valence-corrected chi connectivity index (χ0v) is 16.3. The van der Waals surface area contributed by atoms with Crippen LogP contribution in [0.2, 0.25) is 0 Å². The topological polar surface area (TPSA) is 80.5 Å². The summed E-state index contributed by atoms with van der Waals surface area (Å²) in [5, 5.41) is 10.9. The molecule has 0 heterocycles. The number of nitro benzene ring substituents is 1. The molecule has 0 amide bonds. The van der Waals surface area contributed by atoms with Gasteiger partial charge < -0.3 is 0 Å². The SMILES string of the molecule is Cc1ccccc1C(C)N(c1ccccc1)S(=O)(=O)c1ccc([N+](=O)[O-])cc1. The molecule has 0 aliphatic carbocycles. The van der Waals surface area contributed by atoms with Crippen molar-refractivity contribution >= 4 is 21.4 Å². The Morgan fingerprint density at radius 2 is 1.46 bits per heavy atom. The lowest BCUT2D eigenvalue weighted by Crippen LogP contribution is -2.34. The average molecular weight is 396 g/mol. The molecule has 0 aliphatic rings. The van der Waals surface area contributed by atoms with Gasteiger partial charge in [0.2, 0.25) is 0 Å². The normalized spacial score (nSPS) is 12.4. The summed E-state index contributed by atoms with van der Waals surface area (Å²) < 4.78 is 28.3. The summed E-state index contributed by atoms with van der Waals surface area (Å²) in [4.78, 5) is 10.3. The molecule has 0 fully saturated rings. The Hall–Kier alpha value is -3.19. The van der Waals surface area contributed by atoms with Gasteiger partial charge in [-0.2, -0.15) is 0 Å². The lowest BCUT2D eigenvalue weighted by atomic mass is 10.0. The maximum absolute atomic E-state index is 13.5. The fourth-order valence-electron chi connectivity index (χ4n) is 3.18. The molecule has 3 rings (SSSR count). The van der Waals surface area contributed by atoms with Crippen LogP contribution in [-0.4, -0.2) is 13.3 Å². The Bertz CT molecular complexity index is 1080. The molecule has 0 aromatic heterocycles. The zero-order chi connectivity index (χ0) is 20.3. The smallest absolute Gasteiger partial charge is 0.259 e. The molecule has 0 saturated heterocycles. The van der Waals surface area contributed by atoms with Gasteiger partial charge in [0, 0.05) is 12.1 Å². The van der Waals surface area contributed by atoms with Crippen LogP contribution in [0, 0.1) is 17.0 Å². The molecule has 0 bridgehead atoms. The fourth-order valence-corrected chi connectivity index (χ4v) is 4.82. The molecule has 28 heavy (non-hydrogen) atoms. The van der Waals surface area contributed by atoms with Crippen molar-refractivity contribution in [1.29, 1.82) is 0 Å². The largest absolute Gasteiger partial charge is 0.269 e. The molecule has 0 saturated carbocycles. The number of rotatable bonds is 6. The van der Waals surface area contributed by atoms with Crippen molar-refractivity contribution in [3.8, 4) is 0 Å². The summed E-state index contributed by atoms with van der Waals surface area (Å²) in [5.74, 6) is 0. The lowest BCUT2D eigenvalue weighted by Gasteiger charge is -2.31. The van der Waals surface area contributed by atoms with Gasteiger partial charge in [-0.05, 0) is 49.2 Å². The highest BCUT2D eigenvalue weighted by atomic mass is 32.2. The van der Waals surface area contributed by atoms with Crippen molar-refractivity contribution in [2.45, 2.75) is 24.8 Å². The summed E-state index contributed by atoms with van der Waals surface area (Å²) in [6, 6.07) is 20.9. The average Bonchev–Trinajstić information content (AvgIpc) is 2.69. The van der Waals surface area contributed by atoms with Crippen LogP contribution in [0.25, 0.3) is 0 Å². The summed E-state index contributed by atoms with van der Waals surface area (Å²) in [6.07, 6.45) is 0. The quantitative estimate of drug-likeness (QED) is 0.440. The standard InChI is InChI=1S/C21H20N2O4S/c1-16-8-6-7-11-21(16)17(2)22(18-9-4-3-5-10-18)28(26,27)20-14-12-19(13-15-20)23(24)25/h3-15,17H,1-2H3. The third kappa shape index (κ3) is 3.75. The predicted molar refractivity (Wildman–Crippen MR) is 109 cm³/mol. The predicted octanol–water partition coefficient (Wildman–Crippen LogP) is 4.86. The minimum Gasteiger partial charge on any atom is -0.259 e. The number of aryl methyl sites for hydroxylation is 1. The molecule has 144 valence electrons. The highest BCUT2D eigenvalue weighted by Crippen LogP contribution is 2.34. The van der Waals surface area contributed by atoms with Crippen molar-refractivity contribution in [3.05, 3.63) is 100 Å². The summed E-state index contributed by atoms with van der Waals surface area (Å²) >= 11 is 0. The fraction of sp³-hybridized carbons (Fsp3) is 0.143. The molecule has 1 unspecified atom stereocenters. The molecule has 0 radical (unpaired) electrons. The van der Waals surface area contributed by atoms with E-state index < -0.39 is 21.0 Å². The molecule has 1 atom stereocenters.